The van der Waals surface area contributed by atoms with Gasteiger partial charge in [0.25, 0.3) is 0 Å². The largest absolute Gasteiger partial charge is 0.298 e. The van der Waals surface area contributed by atoms with E-state index in [1.807, 2.05) is 6.20 Å². The summed E-state index contributed by atoms with van der Waals surface area (Å²) in [5.74, 6) is 1.30. The first-order valence-electron chi connectivity index (χ1n) is 8.02. The van der Waals surface area contributed by atoms with E-state index in [0.717, 1.165) is 12.0 Å². The van der Waals surface area contributed by atoms with Crippen molar-refractivity contribution in [3.63, 3.8) is 0 Å². The molecule has 2 aliphatic rings. The molecule has 0 radical (unpaired) electrons. The van der Waals surface area contributed by atoms with Crippen LogP contribution in [0.5, 0.6) is 0 Å². The fourth-order valence-electron chi connectivity index (χ4n) is 3.85. The molecule has 2 fully saturated rings. The lowest BCUT2D eigenvalue weighted by Gasteiger charge is -2.46. The molecule has 4 heteroatoms. The van der Waals surface area contributed by atoms with Crippen molar-refractivity contribution in [1.29, 1.82) is 0 Å². The van der Waals surface area contributed by atoms with Gasteiger partial charge in [-0.3, -0.25) is 9.80 Å². The molecule has 1 aromatic rings. The van der Waals surface area contributed by atoms with E-state index in [2.05, 4.69) is 40.9 Å². The molecule has 0 aliphatic carbocycles. The number of fused-ring (bicyclic) bond motifs is 1. The van der Waals surface area contributed by atoms with Crippen molar-refractivity contribution in [2.24, 2.45) is 5.92 Å². The van der Waals surface area contributed by atoms with Gasteiger partial charge in [0, 0.05) is 49.2 Å². The number of nitrogens with zero attached hydrogens (tertiary/aromatic N) is 3. The van der Waals surface area contributed by atoms with Crippen LogP contribution >= 0.6 is 11.3 Å². The summed E-state index contributed by atoms with van der Waals surface area (Å²) in [5.41, 5.74) is 0. The molecule has 0 bridgehead atoms. The summed E-state index contributed by atoms with van der Waals surface area (Å²) in [7, 11) is 0. The Morgan fingerprint density at radius 3 is 2.90 bits per heavy atom. The van der Waals surface area contributed by atoms with Crippen LogP contribution in [-0.2, 0) is 0 Å². The van der Waals surface area contributed by atoms with Crippen molar-refractivity contribution < 1.29 is 0 Å². The Bertz CT molecular complexity index is 417. The number of hydrogen-bond donors (Lipinski definition) is 0. The molecule has 0 spiro atoms. The van der Waals surface area contributed by atoms with Crippen LogP contribution in [0, 0.1) is 5.92 Å². The van der Waals surface area contributed by atoms with E-state index in [1.165, 1.54) is 44.0 Å². The van der Waals surface area contributed by atoms with Crippen LogP contribution in [0.3, 0.4) is 0 Å². The molecule has 20 heavy (non-hydrogen) atoms. The van der Waals surface area contributed by atoms with Gasteiger partial charge in [-0.25, -0.2) is 4.98 Å². The number of rotatable bonds is 4. The molecular weight excluding hydrogens is 266 g/mol. The molecule has 1 aromatic heterocycles. The van der Waals surface area contributed by atoms with Crippen molar-refractivity contribution in [2.45, 2.75) is 51.6 Å². The molecule has 3 rings (SSSR count). The van der Waals surface area contributed by atoms with Gasteiger partial charge in [-0.15, -0.1) is 11.3 Å². The standard InChI is InChI=1S/C16H27N3S/c1-12(2)15-11-18-7-4-5-14(18)10-19(15)9-13(3)16-17-6-8-20-16/h6,8,12-15H,4-5,7,9-11H2,1-3H3. The van der Waals surface area contributed by atoms with Gasteiger partial charge in [-0.2, -0.15) is 0 Å². The zero-order valence-electron chi connectivity index (χ0n) is 13.0. The van der Waals surface area contributed by atoms with E-state index >= 15 is 0 Å². The highest BCUT2D eigenvalue weighted by atomic mass is 32.1. The van der Waals surface area contributed by atoms with Gasteiger partial charge in [0.15, 0.2) is 0 Å². The predicted molar refractivity (Wildman–Crippen MR) is 85.3 cm³/mol. The molecule has 0 saturated carbocycles. The maximum Gasteiger partial charge on any atom is 0.0965 e. The molecule has 3 nitrogen and oxygen atoms in total. The second-order valence-corrected chi connectivity index (χ2v) is 7.75. The molecule has 3 unspecified atom stereocenters. The molecule has 0 aromatic carbocycles. The van der Waals surface area contributed by atoms with Gasteiger partial charge in [-0.05, 0) is 25.3 Å². The van der Waals surface area contributed by atoms with Crippen LogP contribution in [0.4, 0.5) is 0 Å². The van der Waals surface area contributed by atoms with Crippen molar-refractivity contribution >= 4 is 11.3 Å². The lowest BCUT2D eigenvalue weighted by molar-refractivity contribution is 0.0263. The normalized spacial score (nSPS) is 29.8. The quantitative estimate of drug-likeness (QED) is 0.850. The summed E-state index contributed by atoms with van der Waals surface area (Å²) in [6, 6.07) is 1.53. The van der Waals surface area contributed by atoms with Crippen molar-refractivity contribution in [3.8, 4) is 0 Å². The maximum absolute atomic E-state index is 4.50. The second kappa shape index (κ2) is 6.12. The van der Waals surface area contributed by atoms with Crippen LogP contribution in [0.25, 0.3) is 0 Å². The minimum atomic E-state index is 0.559. The minimum absolute atomic E-state index is 0.559. The van der Waals surface area contributed by atoms with Crippen molar-refractivity contribution in [1.82, 2.24) is 14.8 Å². The summed E-state index contributed by atoms with van der Waals surface area (Å²) in [4.78, 5) is 9.98. The molecule has 2 saturated heterocycles. The zero-order chi connectivity index (χ0) is 14.1. The maximum atomic E-state index is 4.50. The lowest BCUT2D eigenvalue weighted by atomic mass is 9.96. The fraction of sp³-hybridized carbons (Fsp3) is 0.812. The summed E-state index contributed by atoms with van der Waals surface area (Å²) in [6.07, 6.45) is 4.73. The van der Waals surface area contributed by atoms with Gasteiger partial charge in [-0.1, -0.05) is 20.8 Å². The van der Waals surface area contributed by atoms with Crippen molar-refractivity contribution in [2.75, 3.05) is 26.2 Å². The Morgan fingerprint density at radius 2 is 2.20 bits per heavy atom. The summed E-state index contributed by atoms with van der Waals surface area (Å²) >= 11 is 1.80. The van der Waals surface area contributed by atoms with Crippen molar-refractivity contribution in [3.05, 3.63) is 16.6 Å². The fourth-order valence-corrected chi connectivity index (χ4v) is 4.54. The van der Waals surface area contributed by atoms with Gasteiger partial charge in [0.1, 0.15) is 0 Å². The SMILES string of the molecule is CC(CN1CC2CCCN2CC1C(C)C)c1nccs1. The number of thiazole rings is 1. The number of piperazine rings is 1. The number of hydrogen-bond acceptors (Lipinski definition) is 4. The summed E-state index contributed by atoms with van der Waals surface area (Å²) in [6.45, 7) is 12.1. The minimum Gasteiger partial charge on any atom is -0.298 e. The van der Waals surface area contributed by atoms with Crippen LogP contribution < -0.4 is 0 Å². The highest BCUT2D eigenvalue weighted by Crippen LogP contribution is 2.29. The number of aromatic nitrogens is 1. The third-order valence-electron chi connectivity index (χ3n) is 4.99. The third-order valence-corrected chi connectivity index (χ3v) is 5.99. The highest BCUT2D eigenvalue weighted by Gasteiger charge is 2.37. The average Bonchev–Trinajstić information content (AvgIpc) is 3.08. The van der Waals surface area contributed by atoms with E-state index in [0.29, 0.717) is 12.0 Å². The molecule has 3 heterocycles. The Labute approximate surface area is 127 Å². The first-order valence-corrected chi connectivity index (χ1v) is 8.90. The molecule has 3 atom stereocenters. The van der Waals surface area contributed by atoms with Gasteiger partial charge >= 0.3 is 0 Å². The molecule has 2 aliphatic heterocycles. The van der Waals surface area contributed by atoms with Crippen LogP contribution in [0.1, 0.15) is 44.5 Å². The van der Waals surface area contributed by atoms with Crippen LogP contribution in [0.15, 0.2) is 11.6 Å². The van der Waals surface area contributed by atoms with Crippen LogP contribution in [0.2, 0.25) is 0 Å². The average molecular weight is 293 g/mol. The Hall–Kier alpha value is -0.450. The molecule has 0 amide bonds. The third kappa shape index (κ3) is 2.92. The molecule has 112 valence electrons. The Kier molecular flexibility index (Phi) is 4.43. The Balaban J connectivity index is 1.68. The van der Waals surface area contributed by atoms with E-state index in [-0.39, 0.29) is 0 Å². The van der Waals surface area contributed by atoms with E-state index in [9.17, 15) is 0 Å². The second-order valence-electron chi connectivity index (χ2n) is 6.83. The van der Waals surface area contributed by atoms with E-state index in [1.54, 1.807) is 11.3 Å². The van der Waals surface area contributed by atoms with Gasteiger partial charge in [0.2, 0.25) is 0 Å². The van der Waals surface area contributed by atoms with E-state index in [4.69, 9.17) is 0 Å². The highest BCUT2D eigenvalue weighted by molar-refractivity contribution is 7.09. The summed E-state index contributed by atoms with van der Waals surface area (Å²) < 4.78 is 0. The monoisotopic (exact) mass is 293 g/mol. The van der Waals surface area contributed by atoms with Gasteiger partial charge in [0.05, 0.1) is 5.01 Å². The molecule has 0 N–H and O–H groups in total. The zero-order valence-corrected chi connectivity index (χ0v) is 13.8. The Morgan fingerprint density at radius 1 is 1.35 bits per heavy atom. The smallest absolute Gasteiger partial charge is 0.0965 e. The first kappa shape index (κ1) is 14.5. The topological polar surface area (TPSA) is 19.4 Å². The first-order chi connectivity index (χ1) is 9.65. The molecular formula is C16H27N3S. The predicted octanol–water partition coefficient (Wildman–Crippen LogP) is 3.05. The van der Waals surface area contributed by atoms with Crippen LogP contribution in [-0.4, -0.2) is 53.0 Å². The lowest BCUT2D eigenvalue weighted by Crippen LogP contribution is -2.58. The summed E-state index contributed by atoms with van der Waals surface area (Å²) in [5, 5.41) is 3.39. The van der Waals surface area contributed by atoms with E-state index < -0.39 is 0 Å². The van der Waals surface area contributed by atoms with Gasteiger partial charge < -0.3 is 0 Å².